The van der Waals surface area contributed by atoms with Gasteiger partial charge in [-0.3, -0.25) is 4.79 Å². The van der Waals surface area contributed by atoms with Gasteiger partial charge in [-0.2, -0.15) is 0 Å². The molecule has 1 aromatic rings. The van der Waals surface area contributed by atoms with Crippen LogP contribution < -0.4 is 4.74 Å². The van der Waals surface area contributed by atoms with Gasteiger partial charge in [0.15, 0.2) is 17.8 Å². The number of likely N-dealkylation sites (tertiary alicyclic amines) is 1. The molecule has 0 spiro atoms. The highest BCUT2D eigenvalue weighted by atomic mass is 16.6. The fraction of sp³-hybridized carbons (Fsp3) is 0.529. The van der Waals surface area contributed by atoms with E-state index in [4.69, 9.17) is 9.47 Å². The minimum Gasteiger partial charge on any atom is -0.504 e. The molecule has 6 heteroatoms. The Morgan fingerprint density at radius 1 is 1.39 bits per heavy atom. The smallest absolute Gasteiger partial charge is 0.410 e. The van der Waals surface area contributed by atoms with Crippen LogP contribution in [0.1, 0.15) is 49.0 Å². The van der Waals surface area contributed by atoms with E-state index in [1.165, 1.54) is 13.2 Å². The van der Waals surface area contributed by atoms with Crippen LogP contribution in [0.4, 0.5) is 4.79 Å². The fourth-order valence-electron chi connectivity index (χ4n) is 2.80. The minimum atomic E-state index is -0.537. The Hall–Kier alpha value is -2.24. The van der Waals surface area contributed by atoms with Crippen LogP contribution in [0.25, 0.3) is 0 Å². The molecule has 0 saturated carbocycles. The van der Waals surface area contributed by atoms with E-state index in [2.05, 4.69) is 0 Å². The number of phenols is 1. The molecule has 1 atom stereocenters. The molecule has 1 saturated heterocycles. The Kier molecular flexibility index (Phi) is 4.82. The van der Waals surface area contributed by atoms with Gasteiger partial charge < -0.3 is 19.5 Å². The average Bonchev–Trinajstić information content (AvgIpc) is 2.94. The molecule has 6 nitrogen and oxygen atoms in total. The first-order valence-corrected chi connectivity index (χ1v) is 7.59. The summed E-state index contributed by atoms with van der Waals surface area (Å²) >= 11 is 0. The van der Waals surface area contributed by atoms with Crippen molar-refractivity contribution in [1.82, 2.24) is 4.90 Å². The lowest BCUT2D eigenvalue weighted by Crippen LogP contribution is -2.35. The number of hydrogen-bond donors (Lipinski definition) is 1. The highest BCUT2D eigenvalue weighted by Gasteiger charge is 2.32. The maximum atomic E-state index is 12.1. The van der Waals surface area contributed by atoms with E-state index in [0.29, 0.717) is 24.9 Å². The van der Waals surface area contributed by atoms with Gasteiger partial charge in [-0.05, 0) is 38.8 Å². The van der Waals surface area contributed by atoms with E-state index in [1.54, 1.807) is 11.0 Å². The SMILES string of the molecule is COc1c(O)ccc(C2CCN(C(=O)OC(C)(C)C)C2)c1C=O. The van der Waals surface area contributed by atoms with Crippen LogP contribution in [0, 0.1) is 0 Å². The Morgan fingerprint density at radius 3 is 2.65 bits per heavy atom. The van der Waals surface area contributed by atoms with Crippen molar-refractivity contribution in [2.24, 2.45) is 0 Å². The summed E-state index contributed by atoms with van der Waals surface area (Å²) in [5, 5.41) is 9.79. The summed E-state index contributed by atoms with van der Waals surface area (Å²) in [7, 11) is 1.41. The van der Waals surface area contributed by atoms with Crippen molar-refractivity contribution in [3.05, 3.63) is 23.3 Å². The molecule has 1 aliphatic rings. The monoisotopic (exact) mass is 321 g/mol. The van der Waals surface area contributed by atoms with Gasteiger partial charge in [0.2, 0.25) is 0 Å². The lowest BCUT2D eigenvalue weighted by atomic mass is 9.93. The number of aromatic hydroxyl groups is 1. The Balaban J connectivity index is 2.19. The standard InChI is InChI=1S/C17H23NO5/c1-17(2,3)23-16(21)18-8-7-11(9-18)12-5-6-14(20)15(22-4)13(12)10-19/h5-6,10-11,20H,7-9H2,1-4H3. The molecular formula is C17H23NO5. The van der Waals surface area contributed by atoms with Crippen LogP contribution in [0.3, 0.4) is 0 Å². The second-order valence-corrected chi connectivity index (χ2v) is 6.65. The normalized spacial score (nSPS) is 17.9. The quantitative estimate of drug-likeness (QED) is 0.866. The van der Waals surface area contributed by atoms with Crippen LogP contribution in [0.5, 0.6) is 11.5 Å². The first-order chi connectivity index (χ1) is 10.8. The number of hydrogen-bond acceptors (Lipinski definition) is 5. The largest absolute Gasteiger partial charge is 0.504 e. The zero-order valence-electron chi connectivity index (χ0n) is 14.0. The molecular weight excluding hydrogens is 298 g/mol. The molecule has 1 amide bonds. The number of ether oxygens (including phenoxy) is 2. The number of carbonyl (C=O) groups excluding carboxylic acids is 2. The van der Waals surface area contributed by atoms with E-state index < -0.39 is 5.60 Å². The first-order valence-electron chi connectivity index (χ1n) is 7.59. The molecule has 1 aliphatic heterocycles. The van der Waals surface area contributed by atoms with E-state index in [1.807, 2.05) is 20.8 Å². The van der Waals surface area contributed by atoms with Gasteiger partial charge in [0, 0.05) is 19.0 Å². The zero-order chi connectivity index (χ0) is 17.2. The molecule has 1 fully saturated rings. The molecule has 0 bridgehead atoms. The van der Waals surface area contributed by atoms with Crippen molar-refractivity contribution in [2.45, 2.75) is 38.7 Å². The zero-order valence-corrected chi connectivity index (χ0v) is 14.0. The number of methoxy groups -OCH3 is 1. The van der Waals surface area contributed by atoms with Gasteiger partial charge in [0.1, 0.15) is 5.60 Å². The van der Waals surface area contributed by atoms with E-state index >= 15 is 0 Å². The molecule has 1 unspecified atom stereocenters. The van der Waals surface area contributed by atoms with Crippen molar-refractivity contribution in [3.8, 4) is 11.5 Å². The van der Waals surface area contributed by atoms with Crippen LogP contribution in [0.2, 0.25) is 0 Å². The summed E-state index contributed by atoms with van der Waals surface area (Å²) in [5.74, 6) is 0.116. The number of carbonyl (C=O) groups is 2. The molecule has 1 aromatic carbocycles. The van der Waals surface area contributed by atoms with Gasteiger partial charge in [-0.15, -0.1) is 0 Å². The van der Waals surface area contributed by atoms with Crippen molar-refractivity contribution in [3.63, 3.8) is 0 Å². The van der Waals surface area contributed by atoms with E-state index in [-0.39, 0.29) is 23.5 Å². The van der Waals surface area contributed by atoms with Crippen LogP contribution >= 0.6 is 0 Å². The highest BCUT2D eigenvalue weighted by molar-refractivity contribution is 5.84. The van der Waals surface area contributed by atoms with Crippen LogP contribution in [0.15, 0.2) is 12.1 Å². The van der Waals surface area contributed by atoms with E-state index in [0.717, 1.165) is 12.0 Å². The summed E-state index contributed by atoms with van der Waals surface area (Å²) in [6.07, 6.45) is 1.07. The molecule has 1 heterocycles. The molecule has 1 N–H and O–H groups in total. The number of aldehydes is 1. The Labute approximate surface area is 136 Å². The van der Waals surface area contributed by atoms with Crippen molar-refractivity contribution >= 4 is 12.4 Å². The maximum absolute atomic E-state index is 12.1. The summed E-state index contributed by atoms with van der Waals surface area (Å²) in [5.41, 5.74) is 0.578. The number of phenolic OH excluding ortho intramolecular Hbond substituents is 1. The number of rotatable bonds is 3. The van der Waals surface area contributed by atoms with Crippen LogP contribution in [-0.4, -0.2) is 48.2 Å². The fourth-order valence-corrected chi connectivity index (χ4v) is 2.80. The second kappa shape index (κ2) is 6.48. The maximum Gasteiger partial charge on any atom is 0.410 e. The summed E-state index contributed by atoms with van der Waals surface area (Å²) < 4.78 is 10.5. The number of nitrogens with zero attached hydrogens (tertiary/aromatic N) is 1. The third-order valence-corrected chi connectivity index (χ3v) is 3.81. The molecule has 23 heavy (non-hydrogen) atoms. The van der Waals surface area contributed by atoms with Gasteiger partial charge in [-0.25, -0.2) is 4.79 Å². The van der Waals surface area contributed by atoms with Gasteiger partial charge >= 0.3 is 6.09 Å². The third-order valence-electron chi connectivity index (χ3n) is 3.81. The number of amides is 1. The molecule has 0 radical (unpaired) electrons. The average molecular weight is 321 g/mol. The summed E-state index contributed by atoms with van der Waals surface area (Å²) in [6, 6.07) is 3.22. The predicted octanol–water partition coefficient (Wildman–Crippen LogP) is 2.94. The molecule has 0 aromatic heterocycles. The molecule has 0 aliphatic carbocycles. The lowest BCUT2D eigenvalue weighted by molar-refractivity contribution is 0.0292. The highest BCUT2D eigenvalue weighted by Crippen LogP contribution is 2.37. The van der Waals surface area contributed by atoms with Crippen molar-refractivity contribution in [2.75, 3.05) is 20.2 Å². The second-order valence-electron chi connectivity index (χ2n) is 6.65. The van der Waals surface area contributed by atoms with Gasteiger partial charge in [0.25, 0.3) is 0 Å². The predicted molar refractivity (Wildman–Crippen MR) is 85.2 cm³/mol. The Morgan fingerprint density at radius 2 is 2.09 bits per heavy atom. The molecule has 126 valence electrons. The number of benzene rings is 1. The Bertz CT molecular complexity index is 606. The molecule has 2 rings (SSSR count). The van der Waals surface area contributed by atoms with Gasteiger partial charge in [0.05, 0.1) is 12.7 Å². The summed E-state index contributed by atoms with van der Waals surface area (Å²) in [6.45, 7) is 6.53. The lowest BCUT2D eigenvalue weighted by Gasteiger charge is -2.24. The van der Waals surface area contributed by atoms with Gasteiger partial charge in [-0.1, -0.05) is 6.07 Å². The van der Waals surface area contributed by atoms with Crippen molar-refractivity contribution < 1.29 is 24.2 Å². The van der Waals surface area contributed by atoms with E-state index in [9.17, 15) is 14.7 Å². The summed E-state index contributed by atoms with van der Waals surface area (Å²) in [4.78, 5) is 25.2. The first kappa shape index (κ1) is 17.1. The van der Waals surface area contributed by atoms with Crippen molar-refractivity contribution in [1.29, 1.82) is 0 Å². The van der Waals surface area contributed by atoms with Crippen LogP contribution in [-0.2, 0) is 4.74 Å². The third kappa shape index (κ3) is 3.75. The minimum absolute atomic E-state index is 0.0113. The topological polar surface area (TPSA) is 76.1 Å².